The highest BCUT2D eigenvalue weighted by molar-refractivity contribution is 7.90. The van der Waals surface area contributed by atoms with E-state index in [1.165, 1.54) is 13.2 Å². The van der Waals surface area contributed by atoms with Crippen LogP contribution in [-0.4, -0.2) is 26.5 Å². The minimum absolute atomic E-state index is 0.0837. The van der Waals surface area contributed by atoms with Crippen LogP contribution in [0.3, 0.4) is 0 Å². The van der Waals surface area contributed by atoms with Gasteiger partial charge in [0.15, 0.2) is 11.6 Å². The molecule has 0 fully saturated rings. The van der Waals surface area contributed by atoms with Crippen LogP contribution in [0, 0.1) is 23.3 Å². The molecule has 0 saturated heterocycles. The van der Waals surface area contributed by atoms with Crippen LogP contribution in [-0.2, 0) is 16.6 Å². The molecule has 1 N–H and O–H groups in total. The Balaban J connectivity index is 2.42. The number of ether oxygens (including phenoxy) is 1. The first-order chi connectivity index (χ1) is 13.7. The molecule has 1 heterocycles. The standard InChI is InChI=1S/C19H16F4N2O3S/c1-24-9-11-10-25(29(26,27)13-5-3-4-12(20)8-13)18(19(11)28-2)16-14(21)6-7-15(22)17(16)23/h3-8,10,24H,9H2,1-2H3. The summed E-state index contributed by atoms with van der Waals surface area (Å²) >= 11 is 0. The maximum atomic E-state index is 14.5. The Morgan fingerprint density at radius 1 is 1.07 bits per heavy atom. The van der Waals surface area contributed by atoms with Crippen LogP contribution in [0.5, 0.6) is 5.75 Å². The molecule has 29 heavy (non-hydrogen) atoms. The summed E-state index contributed by atoms with van der Waals surface area (Å²) in [6.45, 7) is 0.0837. The summed E-state index contributed by atoms with van der Waals surface area (Å²) in [5.74, 6) is -5.11. The minimum atomic E-state index is -4.50. The number of hydrogen-bond donors (Lipinski definition) is 1. The summed E-state index contributed by atoms with van der Waals surface area (Å²) in [6, 6.07) is 5.39. The number of nitrogens with one attached hydrogen (secondary N) is 1. The van der Waals surface area contributed by atoms with E-state index in [2.05, 4.69) is 5.32 Å². The van der Waals surface area contributed by atoms with Crippen LogP contribution in [0.25, 0.3) is 11.3 Å². The molecule has 0 aliphatic heterocycles. The van der Waals surface area contributed by atoms with Crippen molar-refractivity contribution in [3.63, 3.8) is 0 Å². The van der Waals surface area contributed by atoms with Crippen molar-refractivity contribution in [1.29, 1.82) is 0 Å². The van der Waals surface area contributed by atoms with E-state index < -0.39 is 49.4 Å². The van der Waals surface area contributed by atoms with E-state index in [9.17, 15) is 26.0 Å². The van der Waals surface area contributed by atoms with Gasteiger partial charge in [0.2, 0.25) is 0 Å². The van der Waals surface area contributed by atoms with Gasteiger partial charge in [-0.3, -0.25) is 0 Å². The molecule has 0 amide bonds. The Morgan fingerprint density at radius 2 is 1.76 bits per heavy atom. The van der Waals surface area contributed by atoms with Gasteiger partial charge in [-0.15, -0.1) is 0 Å². The Bertz CT molecular complexity index is 1180. The van der Waals surface area contributed by atoms with Crippen LogP contribution >= 0.6 is 0 Å². The molecule has 1 aromatic heterocycles. The number of aromatic nitrogens is 1. The number of methoxy groups -OCH3 is 1. The lowest BCUT2D eigenvalue weighted by molar-refractivity contribution is 0.410. The van der Waals surface area contributed by atoms with Crippen LogP contribution in [0.2, 0.25) is 0 Å². The number of benzene rings is 2. The maximum absolute atomic E-state index is 14.5. The maximum Gasteiger partial charge on any atom is 0.268 e. The molecule has 2 aromatic carbocycles. The van der Waals surface area contributed by atoms with Crippen LogP contribution in [0.1, 0.15) is 5.56 Å². The summed E-state index contributed by atoms with van der Waals surface area (Å²) in [5.41, 5.74) is -1.21. The highest BCUT2D eigenvalue weighted by atomic mass is 32.2. The predicted molar refractivity (Wildman–Crippen MR) is 98.0 cm³/mol. The predicted octanol–water partition coefficient (Wildman–Crippen LogP) is 3.68. The molecule has 0 radical (unpaired) electrons. The normalized spacial score (nSPS) is 11.7. The first kappa shape index (κ1) is 20.9. The Hall–Kier alpha value is -2.85. The molecular weight excluding hydrogens is 412 g/mol. The van der Waals surface area contributed by atoms with Crippen LogP contribution in [0.15, 0.2) is 47.5 Å². The first-order valence-corrected chi connectivity index (χ1v) is 9.74. The van der Waals surface area contributed by atoms with Crippen molar-refractivity contribution >= 4 is 10.0 Å². The molecule has 0 unspecified atom stereocenters. The lowest BCUT2D eigenvalue weighted by Crippen LogP contribution is -2.15. The Morgan fingerprint density at radius 3 is 2.38 bits per heavy atom. The summed E-state index contributed by atoms with van der Waals surface area (Å²) in [4.78, 5) is -0.454. The number of halogens is 4. The van der Waals surface area contributed by atoms with Crippen molar-refractivity contribution in [3.05, 3.63) is 71.4 Å². The van der Waals surface area contributed by atoms with Crippen molar-refractivity contribution in [2.24, 2.45) is 0 Å². The molecule has 5 nitrogen and oxygen atoms in total. The van der Waals surface area contributed by atoms with Gasteiger partial charge in [-0.1, -0.05) is 6.07 Å². The highest BCUT2D eigenvalue weighted by Gasteiger charge is 2.31. The highest BCUT2D eigenvalue weighted by Crippen LogP contribution is 2.40. The molecule has 0 bridgehead atoms. The van der Waals surface area contributed by atoms with E-state index in [0.717, 1.165) is 24.4 Å². The molecule has 3 aromatic rings. The molecule has 0 spiro atoms. The molecule has 0 aliphatic carbocycles. The molecule has 0 saturated carbocycles. The van der Waals surface area contributed by atoms with Crippen molar-refractivity contribution in [2.45, 2.75) is 11.4 Å². The van der Waals surface area contributed by atoms with E-state index in [-0.39, 0.29) is 17.9 Å². The van der Waals surface area contributed by atoms with Crippen molar-refractivity contribution in [2.75, 3.05) is 14.2 Å². The Labute approximate surface area is 164 Å². The smallest absolute Gasteiger partial charge is 0.268 e. The van der Waals surface area contributed by atoms with E-state index >= 15 is 0 Å². The molecule has 10 heteroatoms. The molecule has 154 valence electrons. The number of rotatable bonds is 6. The summed E-state index contributed by atoms with van der Waals surface area (Å²) in [7, 11) is -1.75. The fourth-order valence-corrected chi connectivity index (χ4v) is 4.38. The van der Waals surface area contributed by atoms with Gasteiger partial charge >= 0.3 is 0 Å². The van der Waals surface area contributed by atoms with Gasteiger partial charge in [-0.25, -0.2) is 30.0 Å². The number of nitrogens with zero attached hydrogens (tertiary/aromatic N) is 1. The monoisotopic (exact) mass is 428 g/mol. The summed E-state index contributed by atoms with van der Waals surface area (Å²) in [6.07, 6.45) is 1.09. The van der Waals surface area contributed by atoms with E-state index in [4.69, 9.17) is 4.74 Å². The van der Waals surface area contributed by atoms with Crippen molar-refractivity contribution < 1.29 is 30.7 Å². The second kappa shape index (κ2) is 7.88. The summed E-state index contributed by atoms with van der Waals surface area (Å²) < 4.78 is 88.6. The van der Waals surface area contributed by atoms with Gasteiger partial charge in [0.25, 0.3) is 10.0 Å². The second-order valence-corrected chi connectivity index (χ2v) is 7.86. The quantitative estimate of drug-likeness (QED) is 0.481. The SMILES string of the molecule is CNCc1cn(S(=O)(=O)c2cccc(F)c2)c(-c2c(F)ccc(F)c2F)c1OC. The van der Waals surface area contributed by atoms with Gasteiger partial charge in [0, 0.05) is 18.3 Å². The Kier molecular flexibility index (Phi) is 5.67. The topological polar surface area (TPSA) is 60.3 Å². The zero-order chi connectivity index (χ0) is 21.3. The van der Waals surface area contributed by atoms with Crippen LogP contribution < -0.4 is 10.1 Å². The average molecular weight is 428 g/mol. The second-order valence-electron chi connectivity index (χ2n) is 6.04. The third kappa shape index (κ3) is 3.60. The third-order valence-electron chi connectivity index (χ3n) is 4.21. The van der Waals surface area contributed by atoms with Gasteiger partial charge < -0.3 is 10.1 Å². The zero-order valence-corrected chi connectivity index (χ0v) is 16.2. The molecule has 0 atom stereocenters. The third-order valence-corrected chi connectivity index (χ3v) is 5.86. The van der Waals surface area contributed by atoms with Gasteiger partial charge in [-0.05, 0) is 37.4 Å². The van der Waals surface area contributed by atoms with E-state index in [1.807, 2.05) is 0 Å². The van der Waals surface area contributed by atoms with E-state index in [0.29, 0.717) is 16.1 Å². The zero-order valence-electron chi connectivity index (χ0n) is 15.3. The van der Waals surface area contributed by atoms with Gasteiger partial charge in [-0.2, -0.15) is 0 Å². The summed E-state index contributed by atoms with van der Waals surface area (Å²) in [5, 5.41) is 2.78. The molecule has 0 aliphatic rings. The van der Waals surface area contributed by atoms with Gasteiger partial charge in [0.1, 0.15) is 23.1 Å². The van der Waals surface area contributed by atoms with Crippen molar-refractivity contribution in [1.82, 2.24) is 9.29 Å². The van der Waals surface area contributed by atoms with Crippen LogP contribution in [0.4, 0.5) is 17.6 Å². The van der Waals surface area contributed by atoms with Gasteiger partial charge in [0.05, 0.1) is 17.6 Å². The van der Waals surface area contributed by atoms with Crippen molar-refractivity contribution in [3.8, 4) is 17.0 Å². The minimum Gasteiger partial charge on any atom is -0.494 e. The molecular formula is C19H16F4N2O3S. The van der Waals surface area contributed by atoms with E-state index in [1.54, 1.807) is 7.05 Å². The average Bonchev–Trinajstić information content (AvgIpc) is 3.04. The fraction of sp³-hybridized carbons (Fsp3) is 0.158. The molecule has 3 rings (SSSR count). The number of hydrogen-bond acceptors (Lipinski definition) is 4. The largest absolute Gasteiger partial charge is 0.494 e. The lowest BCUT2D eigenvalue weighted by Gasteiger charge is -2.14. The fourth-order valence-electron chi connectivity index (χ4n) is 2.96. The lowest BCUT2D eigenvalue weighted by atomic mass is 10.1. The first-order valence-electron chi connectivity index (χ1n) is 8.30.